The van der Waals surface area contributed by atoms with Crippen molar-refractivity contribution in [3.05, 3.63) is 29.3 Å². The van der Waals surface area contributed by atoms with Gasteiger partial charge in [0.2, 0.25) is 0 Å². The quantitative estimate of drug-likeness (QED) is 0.550. The molecule has 1 amide bonds. The second-order valence-corrected chi connectivity index (χ2v) is 6.22. The van der Waals surface area contributed by atoms with Gasteiger partial charge in [-0.05, 0) is 63.3 Å². The highest BCUT2D eigenvalue weighted by Crippen LogP contribution is 2.32. The van der Waals surface area contributed by atoms with E-state index in [1.165, 1.54) is 0 Å². The average molecular weight is 318 g/mol. The summed E-state index contributed by atoms with van der Waals surface area (Å²) < 4.78 is 0. The first-order valence-electron chi connectivity index (χ1n) is 8.42. The molecule has 0 aliphatic rings. The Labute approximate surface area is 140 Å². The van der Waals surface area contributed by atoms with Gasteiger partial charge in [-0.1, -0.05) is 32.0 Å². The predicted octanol–water partition coefficient (Wildman–Crippen LogP) is 4.85. The van der Waals surface area contributed by atoms with Crippen molar-refractivity contribution in [1.82, 2.24) is 0 Å². The van der Waals surface area contributed by atoms with E-state index in [1.54, 1.807) is 0 Å². The molecule has 1 N–H and O–H groups in total. The molecule has 0 unspecified atom stereocenters. The van der Waals surface area contributed by atoms with E-state index in [1.807, 2.05) is 32.9 Å². The summed E-state index contributed by atoms with van der Waals surface area (Å²) in [7, 11) is 0. The van der Waals surface area contributed by atoms with E-state index in [9.17, 15) is 4.79 Å². The SMILES string of the molecule is CCC(CC)(CC)/C(C)=N/OCC(=O)Nc1cc(C)cc(C)c1. The molecule has 0 aliphatic carbocycles. The Morgan fingerprint density at radius 3 is 2.09 bits per heavy atom. The summed E-state index contributed by atoms with van der Waals surface area (Å²) in [6, 6.07) is 5.95. The Morgan fingerprint density at radius 2 is 1.61 bits per heavy atom. The third kappa shape index (κ3) is 5.38. The second-order valence-electron chi connectivity index (χ2n) is 6.22. The largest absolute Gasteiger partial charge is 0.386 e. The van der Waals surface area contributed by atoms with E-state index in [4.69, 9.17) is 4.84 Å². The average Bonchev–Trinajstić information content (AvgIpc) is 2.48. The maximum absolute atomic E-state index is 12.0. The van der Waals surface area contributed by atoms with E-state index in [-0.39, 0.29) is 17.9 Å². The molecule has 128 valence electrons. The number of nitrogens with one attached hydrogen (secondary N) is 1. The van der Waals surface area contributed by atoms with Crippen molar-refractivity contribution in [3.8, 4) is 0 Å². The van der Waals surface area contributed by atoms with Crippen LogP contribution in [0.2, 0.25) is 0 Å². The van der Waals surface area contributed by atoms with Crippen molar-refractivity contribution >= 4 is 17.3 Å². The predicted molar refractivity (Wildman–Crippen MR) is 96.9 cm³/mol. The van der Waals surface area contributed by atoms with E-state index >= 15 is 0 Å². The first-order chi connectivity index (χ1) is 10.9. The summed E-state index contributed by atoms with van der Waals surface area (Å²) in [6.07, 6.45) is 3.06. The lowest BCUT2D eigenvalue weighted by atomic mass is 9.76. The molecule has 23 heavy (non-hydrogen) atoms. The summed E-state index contributed by atoms with van der Waals surface area (Å²) in [5.74, 6) is -0.193. The van der Waals surface area contributed by atoms with E-state index in [2.05, 4.69) is 37.3 Å². The third-order valence-corrected chi connectivity index (χ3v) is 4.70. The number of benzene rings is 1. The topological polar surface area (TPSA) is 50.7 Å². The van der Waals surface area contributed by atoms with E-state index in [0.717, 1.165) is 41.8 Å². The normalized spacial score (nSPS) is 12.2. The van der Waals surface area contributed by atoms with Crippen molar-refractivity contribution in [2.24, 2.45) is 10.6 Å². The Hall–Kier alpha value is -1.84. The van der Waals surface area contributed by atoms with Crippen LogP contribution in [0.5, 0.6) is 0 Å². The summed E-state index contributed by atoms with van der Waals surface area (Å²) in [5.41, 5.74) is 4.07. The molecule has 0 radical (unpaired) electrons. The molecule has 4 heteroatoms. The molecule has 0 aromatic heterocycles. The molecule has 0 saturated heterocycles. The van der Waals surface area contributed by atoms with Gasteiger partial charge in [0.1, 0.15) is 0 Å². The monoisotopic (exact) mass is 318 g/mol. The minimum atomic E-state index is -0.193. The highest BCUT2D eigenvalue weighted by molar-refractivity contribution is 5.92. The highest BCUT2D eigenvalue weighted by atomic mass is 16.6. The van der Waals surface area contributed by atoms with Crippen LogP contribution in [0.25, 0.3) is 0 Å². The van der Waals surface area contributed by atoms with Crippen LogP contribution in [0.15, 0.2) is 23.4 Å². The van der Waals surface area contributed by atoms with Crippen molar-refractivity contribution in [2.45, 2.75) is 60.8 Å². The van der Waals surface area contributed by atoms with Gasteiger partial charge in [-0.15, -0.1) is 0 Å². The zero-order valence-corrected chi connectivity index (χ0v) is 15.3. The molecule has 0 saturated carbocycles. The van der Waals surface area contributed by atoms with Crippen LogP contribution in [0, 0.1) is 19.3 Å². The number of rotatable bonds is 8. The smallest absolute Gasteiger partial charge is 0.265 e. The molecule has 0 bridgehead atoms. The maximum atomic E-state index is 12.0. The lowest BCUT2D eigenvalue weighted by Crippen LogP contribution is -2.27. The molecule has 0 atom stereocenters. The van der Waals surface area contributed by atoms with Crippen LogP contribution in [0.1, 0.15) is 58.1 Å². The van der Waals surface area contributed by atoms with Gasteiger partial charge in [0.25, 0.3) is 5.91 Å². The number of oxime groups is 1. The van der Waals surface area contributed by atoms with E-state index < -0.39 is 0 Å². The fourth-order valence-corrected chi connectivity index (χ4v) is 3.05. The zero-order valence-electron chi connectivity index (χ0n) is 15.3. The minimum absolute atomic E-state index is 0.0719. The second kappa shape index (κ2) is 8.70. The molecule has 0 spiro atoms. The van der Waals surface area contributed by atoms with Crippen LogP contribution in [-0.4, -0.2) is 18.2 Å². The maximum Gasteiger partial charge on any atom is 0.265 e. The zero-order chi connectivity index (χ0) is 17.5. The molecule has 1 aromatic rings. The summed E-state index contributed by atoms with van der Waals surface area (Å²) in [6.45, 7) is 12.4. The summed E-state index contributed by atoms with van der Waals surface area (Å²) in [4.78, 5) is 17.2. The molecule has 4 nitrogen and oxygen atoms in total. The van der Waals surface area contributed by atoms with Crippen LogP contribution >= 0.6 is 0 Å². The van der Waals surface area contributed by atoms with Crippen LogP contribution < -0.4 is 5.32 Å². The summed E-state index contributed by atoms with van der Waals surface area (Å²) in [5, 5.41) is 7.03. The summed E-state index contributed by atoms with van der Waals surface area (Å²) >= 11 is 0. The number of hydrogen-bond acceptors (Lipinski definition) is 3. The molecule has 0 aliphatic heterocycles. The van der Waals surface area contributed by atoms with Crippen molar-refractivity contribution in [3.63, 3.8) is 0 Å². The Morgan fingerprint density at radius 1 is 1.09 bits per heavy atom. The van der Waals surface area contributed by atoms with Crippen molar-refractivity contribution in [1.29, 1.82) is 0 Å². The third-order valence-electron chi connectivity index (χ3n) is 4.70. The lowest BCUT2D eigenvalue weighted by molar-refractivity contribution is -0.120. The van der Waals surface area contributed by atoms with Crippen molar-refractivity contribution < 1.29 is 9.63 Å². The van der Waals surface area contributed by atoms with Gasteiger partial charge in [-0.2, -0.15) is 0 Å². The fraction of sp³-hybridized carbons (Fsp3) is 0.579. The fourth-order valence-electron chi connectivity index (χ4n) is 3.05. The van der Waals surface area contributed by atoms with Crippen LogP contribution in [0.4, 0.5) is 5.69 Å². The number of hydrogen-bond donors (Lipinski definition) is 1. The van der Waals surface area contributed by atoms with E-state index in [0.29, 0.717) is 0 Å². The Balaban J connectivity index is 2.60. The van der Waals surface area contributed by atoms with Gasteiger partial charge in [0.15, 0.2) is 6.61 Å². The van der Waals surface area contributed by atoms with Crippen LogP contribution in [0.3, 0.4) is 0 Å². The van der Waals surface area contributed by atoms with Gasteiger partial charge >= 0.3 is 0 Å². The molecule has 0 fully saturated rings. The Kier molecular flexibility index (Phi) is 7.27. The first kappa shape index (κ1) is 19.2. The number of amides is 1. The van der Waals surface area contributed by atoms with Gasteiger partial charge in [-0.25, -0.2) is 0 Å². The first-order valence-corrected chi connectivity index (χ1v) is 8.42. The molecule has 1 aromatic carbocycles. The minimum Gasteiger partial charge on any atom is -0.386 e. The highest BCUT2D eigenvalue weighted by Gasteiger charge is 2.28. The Bertz CT molecular complexity index is 532. The molecule has 1 rings (SSSR count). The number of carbonyl (C=O) groups excluding carboxylic acids is 1. The van der Waals surface area contributed by atoms with Gasteiger partial charge in [0, 0.05) is 11.1 Å². The number of anilines is 1. The van der Waals surface area contributed by atoms with Crippen LogP contribution in [-0.2, 0) is 9.63 Å². The number of nitrogens with zero attached hydrogens (tertiary/aromatic N) is 1. The molecule has 0 heterocycles. The van der Waals surface area contributed by atoms with Gasteiger partial charge in [0.05, 0.1) is 5.71 Å². The number of carbonyl (C=O) groups is 1. The standard InChI is InChI=1S/C19H30N2O2/c1-7-19(8-2,9-3)16(6)21-23-13-18(22)20-17-11-14(4)10-15(5)12-17/h10-12H,7-9,13H2,1-6H3,(H,20,22)/b21-16+. The van der Waals surface area contributed by atoms with Gasteiger partial charge < -0.3 is 10.2 Å². The number of aryl methyl sites for hydroxylation is 2. The molecular weight excluding hydrogens is 288 g/mol. The van der Waals surface area contributed by atoms with Gasteiger partial charge in [-0.3, -0.25) is 4.79 Å². The van der Waals surface area contributed by atoms with Crippen molar-refractivity contribution in [2.75, 3.05) is 11.9 Å². The lowest BCUT2D eigenvalue weighted by Gasteiger charge is -2.29. The molecular formula is C19H30N2O2.